The SMILES string of the molecule is CCc1ccc(C(=O)NC(CC)C(N)=S)s1. The minimum Gasteiger partial charge on any atom is -0.392 e. The van der Waals surface area contributed by atoms with E-state index in [9.17, 15) is 4.79 Å². The van der Waals surface area contributed by atoms with Crippen LogP contribution < -0.4 is 11.1 Å². The fourth-order valence-electron chi connectivity index (χ4n) is 1.29. The summed E-state index contributed by atoms with van der Waals surface area (Å²) in [5, 5.41) is 2.83. The Kier molecular flexibility index (Phi) is 4.89. The molecule has 0 bridgehead atoms. The van der Waals surface area contributed by atoms with Crippen LogP contribution in [0, 0.1) is 0 Å². The van der Waals surface area contributed by atoms with E-state index in [0.717, 1.165) is 6.42 Å². The van der Waals surface area contributed by atoms with E-state index in [4.69, 9.17) is 18.0 Å². The molecule has 0 saturated carbocycles. The molecule has 0 radical (unpaired) electrons. The Morgan fingerprint density at radius 1 is 1.56 bits per heavy atom. The highest BCUT2D eigenvalue weighted by atomic mass is 32.1. The van der Waals surface area contributed by atoms with Crippen LogP contribution in [-0.2, 0) is 6.42 Å². The third kappa shape index (κ3) is 3.28. The second kappa shape index (κ2) is 5.96. The van der Waals surface area contributed by atoms with Gasteiger partial charge in [0.25, 0.3) is 5.91 Å². The fourth-order valence-corrected chi connectivity index (χ4v) is 2.37. The van der Waals surface area contributed by atoms with Gasteiger partial charge < -0.3 is 11.1 Å². The van der Waals surface area contributed by atoms with Gasteiger partial charge >= 0.3 is 0 Å². The van der Waals surface area contributed by atoms with Gasteiger partial charge in [-0.2, -0.15) is 0 Å². The van der Waals surface area contributed by atoms with E-state index in [-0.39, 0.29) is 11.9 Å². The van der Waals surface area contributed by atoms with Gasteiger partial charge in [0.05, 0.1) is 15.9 Å². The first kappa shape index (κ1) is 13.1. The van der Waals surface area contributed by atoms with Crippen molar-refractivity contribution in [1.29, 1.82) is 0 Å². The molecule has 16 heavy (non-hydrogen) atoms. The van der Waals surface area contributed by atoms with Crippen LogP contribution in [-0.4, -0.2) is 16.9 Å². The van der Waals surface area contributed by atoms with Crippen molar-refractivity contribution in [3.63, 3.8) is 0 Å². The number of carbonyl (C=O) groups is 1. The first-order valence-electron chi connectivity index (χ1n) is 5.27. The number of amides is 1. The van der Waals surface area contributed by atoms with Crippen molar-refractivity contribution in [3.8, 4) is 0 Å². The van der Waals surface area contributed by atoms with Gasteiger partial charge in [0.1, 0.15) is 0 Å². The molecule has 5 heteroatoms. The molecule has 0 spiro atoms. The molecule has 88 valence electrons. The van der Waals surface area contributed by atoms with Crippen LogP contribution in [0.15, 0.2) is 12.1 Å². The zero-order valence-electron chi connectivity index (χ0n) is 9.45. The molecule has 1 rings (SSSR count). The van der Waals surface area contributed by atoms with Crippen molar-refractivity contribution in [3.05, 3.63) is 21.9 Å². The minimum absolute atomic E-state index is 0.0932. The molecular weight excluding hydrogens is 240 g/mol. The van der Waals surface area contributed by atoms with Gasteiger partial charge in [0.15, 0.2) is 0 Å². The Morgan fingerprint density at radius 3 is 2.69 bits per heavy atom. The Labute approximate surface area is 105 Å². The highest BCUT2D eigenvalue weighted by Crippen LogP contribution is 2.16. The molecule has 0 aliphatic rings. The van der Waals surface area contributed by atoms with E-state index in [2.05, 4.69) is 12.2 Å². The molecule has 1 amide bonds. The predicted octanol–water partition coefficient (Wildman–Crippen LogP) is 2.10. The summed E-state index contributed by atoms with van der Waals surface area (Å²) in [5.74, 6) is -0.0932. The maximum Gasteiger partial charge on any atom is 0.261 e. The number of carbonyl (C=O) groups excluding carboxylic acids is 1. The van der Waals surface area contributed by atoms with Crippen LogP contribution >= 0.6 is 23.6 Å². The molecule has 1 heterocycles. The standard InChI is InChI=1S/C11H16N2OS2/c1-3-7-5-6-9(16-7)11(14)13-8(4-2)10(12)15/h5-6,8H,3-4H2,1-2H3,(H2,12,15)(H,13,14). The van der Waals surface area contributed by atoms with Gasteiger partial charge in [-0.3, -0.25) is 4.79 Å². The lowest BCUT2D eigenvalue weighted by atomic mass is 10.2. The topological polar surface area (TPSA) is 55.1 Å². The molecule has 0 saturated heterocycles. The van der Waals surface area contributed by atoms with Crippen molar-refractivity contribution >= 4 is 34.5 Å². The second-order valence-electron chi connectivity index (χ2n) is 3.46. The summed E-state index contributed by atoms with van der Waals surface area (Å²) >= 11 is 6.39. The van der Waals surface area contributed by atoms with Gasteiger partial charge in [-0.15, -0.1) is 11.3 Å². The molecule has 0 aromatic carbocycles. The molecule has 1 aromatic heterocycles. The maximum absolute atomic E-state index is 11.8. The van der Waals surface area contributed by atoms with E-state index in [1.807, 2.05) is 19.1 Å². The van der Waals surface area contributed by atoms with Crippen LogP contribution in [0.5, 0.6) is 0 Å². The van der Waals surface area contributed by atoms with Crippen LogP contribution in [0.2, 0.25) is 0 Å². The Balaban J connectivity index is 2.67. The van der Waals surface area contributed by atoms with E-state index < -0.39 is 0 Å². The van der Waals surface area contributed by atoms with Gasteiger partial charge in [-0.25, -0.2) is 0 Å². The number of nitrogens with two attached hydrogens (primary N) is 1. The number of aryl methyl sites for hydroxylation is 1. The number of rotatable bonds is 5. The number of hydrogen-bond acceptors (Lipinski definition) is 3. The van der Waals surface area contributed by atoms with Gasteiger partial charge in [0, 0.05) is 4.88 Å². The summed E-state index contributed by atoms with van der Waals surface area (Å²) in [5.41, 5.74) is 5.53. The average molecular weight is 256 g/mol. The number of nitrogens with one attached hydrogen (secondary N) is 1. The van der Waals surface area contributed by atoms with Crippen LogP contribution in [0.25, 0.3) is 0 Å². The van der Waals surface area contributed by atoms with Gasteiger partial charge in [0.2, 0.25) is 0 Å². The van der Waals surface area contributed by atoms with Crippen molar-refractivity contribution in [1.82, 2.24) is 5.32 Å². The largest absolute Gasteiger partial charge is 0.392 e. The van der Waals surface area contributed by atoms with Gasteiger partial charge in [-0.1, -0.05) is 26.1 Å². The zero-order valence-corrected chi connectivity index (χ0v) is 11.1. The van der Waals surface area contributed by atoms with Crippen molar-refractivity contribution in [2.75, 3.05) is 0 Å². The third-order valence-electron chi connectivity index (χ3n) is 2.29. The van der Waals surface area contributed by atoms with Crippen LogP contribution in [0.1, 0.15) is 34.8 Å². The molecule has 0 aliphatic heterocycles. The summed E-state index contributed by atoms with van der Waals surface area (Å²) in [6.07, 6.45) is 1.66. The zero-order chi connectivity index (χ0) is 12.1. The molecule has 0 fully saturated rings. The van der Waals surface area contributed by atoms with E-state index in [0.29, 0.717) is 16.3 Å². The summed E-state index contributed by atoms with van der Waals surface area (Å²) < 4.78 is 0. The normalized spacial score (nSPS) is 12.1. The highest BCUT2D eigenvalue weighted by molar-refractivity contribution is 7.80. The number of hydrogen-bond donors (Lipinski definition) is 2. The average Bonchev–Trinajstić information content (AvgIpc) is 2.73. The summed E-state index contributed by atoms with van der Waals surface area (Å²) in [6.45, 7) is 4.01. The predicted molar refractivity (Wildman–Crippen MR) is 72.0 cm³/mol. The smallest absolute Gasteiger partial charge is 0.261 e. The summed E-state index contributed by atoms with van der Waals surface area (Å²) in [4.78, 5) is 14.1. The quantitative estimate of drug-likeness (QED) is 0.793. The van der Waals surface area contributed by atoms with Crippen molar-refractivity contribution < 1.29 is 4.79 Å². The second-order valence-corrected chi connectivity index (χ2v) is 5.10. The van der Waals surface area contributed by atoms with E-state index in [1.54, 1.807) is 0 Å². The molecule has 1 atom stereocenters. The third-order valence-corrected chi connectivity index (χ3v) is 3.80. The lowest BCUT2D eigenvalue weighted by molar-refractivity contribution is 0.0950. The molecule has 3 nitrogen and oxygen atoms in total. The Morgan fingerprint density at radius 2 is 2.25 bits per heavy atom. The van der Waals surface area contributed by atoms with E-state index in [1.165, 1.54) is 16.2 Å². The molecule has 3 N–H and O–H groups in total. The maximum atomic E-state index is 11.8. The first-order chi connectivity index (χ1) is 7.58. The summed E-state index contributed by atoms with van der Waals surface area (Å²) in [6, 6.07) is 3.60. The lowest BCUT2D eigenvalue weighted by Crippen LogP contribution is -2.42. The van der Waals surface area contributed by atoms with Crippen molar-refractivity contribution in [2.45, 2.75) is 32.7 Å². The van der Waals surface area contributed by atoms with Gasteiger partial charge in [-0.05, 0) is 25.0 Å². The monoisotopic (exact) mass is 256 g/mol. The fraction of sp³-hybridized carbons (Fsp3) is 0.455. The van der Waals surface area contributed by atoms with Crippen LogP contribution in [0.4, 0.5) is 0 Å². The van der Waals surface area contributed by atoms with E-state index >= 15 is 0 Å². The highest BCUT2D eigenvalue weighted by Gasteiger charge is 2.15. The minimum atomic E-state index is -0.213. The molecule has 1 aromatic rings. The summed E-state index contributed by atoms with van der Waals surface area (Å²) in [7, 11) is 0. The number of thiocarbonyl (C=S) groups is 1. The molecule has 1 unspecified atom stereocenters. The van der Waals surface area contributed by atoms with Crippen LogP contribution in [0.3, 0.4) is 0 Å². The Hall–Kier alpha value is -0.940. The molecular formula is C11H16N2OS2. The number of thiophene rings is 1. The lowest BCUT2D eigenvalue weighted by Gasteiger charge is -2.14. The Bertz CT molecular complexity index is 387. The molecule has 0 aliphatic carbocycles. The first-order valence-corrected chi connectivity index (χ1v) is 6.49. The van der Waals surface area contributed by atoms with Crippen molar-refractivity contribution in [2.24, 2.45) is 5.73 Å².